The first-order valence-corrected chi connectivity index (χ1v) is 6.21. The third kappa shape index (κ3) is 2.97. The second-order valence-electron chi connectivity index (χ2n) is 4.53. The molecule has 112 valence electrons. The van der Waals surface area contributed by atoms with Gasteiger partial charge in [0, 0.05) is 23.9 Å². The lowest BCUT2D eigenvalue weighted by Gasteiger charge is -2.11. The smallest absolute Gasteiger partial charge is 0.362 e. The Kier molecular flexibility index (Phi) is 4.13. The Morgan fingerprint density at radius 3 is 2.48 bits per heavy atom. The summed E-state index contributed by atoms with van der Waals surface area (Å²) >= 11 is 0. The molecule has 7 heteroatoms. The molecule has 0 fully saturated rings. The Balaban J connectivity index is 2.64. The average Bonchev–Trinajstić information content (AvgIpc) is 2.45. The molecule has 0 aliphatic rings. The molecule has 1 heterocycles. The number of hydrogen-bond donors (Lipinski definition) is 2. The average molecular weight is 294 g/mol. The van der Waals surface area contributed by atoms with Crippen molar-refractivity contribution in [1.29, 1.82) is 0 Å². The molecule has 4 N–H and O–H groups in total. The van der Waals surface area contributed by atoms with Crippen molar-refractivity contribution in [1.82, 2.24) is 0 Å². The second kappa shape index (κ2) is 5.84. The fourth-order valence-electron chi connectivity index (χ4n) is 2.08. The molecule has 21 heavy (non-hydrogen) atoms. The first-order valence-electron chi connectivity index (χ1n) is 6.21. The van der Waals surface area contributed by atoms with E-state index in [-0.39, 0.29) is 6.42 Å². The van der Waals surface area contributed by atoms with E-state index in [9.17, 15) is 9.59 Å². The zero-order valence-corrected chi connectivity index (χ0v) is 11.7. The third-order valence-electron chi connectivity index (χ3n) is 3.15. The van der Waals surface area contributed by atoms with Crippen LogP contribution in [0.4, 0.5) is 0 Å². The highest BCUT2D eigenvalue weighted by molar-refractivity contribution is 5.85. The summed E-state index contributed by atoms with van der Waals surface area (Å²) in [4.78, 5) is 22.5. The van der Waals surface area contributed by atoms with Gasteiger partial charge in [-0.3, -0.25) is 0 Å². The van der Waals surface area contributed by atoms with E-state index in [0.717, 1.165) is 0 Å². The number of ether oxygens (including phenoxy) is 2. The molecule has 0 unspecified atom stereocenters. The Hall–Kier alpha value is -2.54. The number of aliphatic carboxylic acids is 1. The molecule has 1 atom stereocenters. The van der Waals surface area contributed by atoms with E-state index in [1.54, 1.807) is 6.07 Å². The van der Waals surface area contributed by atoms with Gasteiger partial charge in [-0.1, -0.05) is 0 Å². The van der Waals surface area contributed by atoms with E-state index in [1.165, 1.54) is 26.4 Å². The van der Waals surface area contributed by atoms with Crippen LogP contribution < -0.4 is 20.8 Å². The monoisotopic (exact) mass is 294 g/mol. The highest BCUT2D eigenvalue weighted by atomic mass is 16.5. The van der Waals surface area contributed by atoms with Crippen LogP contribution in [0.25, 0.3) is 11.0 Å². The second-order valence-corrected chi connectivity index (χ2v) is 4.53. The zero-order chi connectivity index (χ0) is 15.6. The van der Waals surface area contributed by atoms with E-state index in [1.807, 2.05) is 0 Å². The molecule has 0 saturated heterocycles. The van der Waals surface area contributed by atoms with E-state index >= 15 is 0 Å². The van der Waals surface area contributed by atoms with Crippen LogP contribution in [0.5, 0.6) is 11.5 Å². The first kappa shape index (κ1) is 14.9. The van der Waals surface area contributed by atoms with Gasteiger partial charge in [-0.15, -0.1) is 0 Å². The largest absolute Gasteiger partial charge is 0.493 e. The van der Waals surface area contributed by atoms with Gasteiger partial charge in [0.2, 0.25) is 0 Å². The van der Waals surface area contributed by atoms with Gasteiger partial charge in [0.05, 0.1) is 14.2 Å². The zero-order valence-electron chi connectivity index (χ0n) is 11.7. The predicted octanol–water partition coefficient (Wildman–Crippen LogP) is 0.0478. The van der Waals surface area contributed by atoms with Crippen molar-refractivity contribution in [3.63, 3.8) is 0 Å². The highest BCUT2D eigenvalue weighted by Gasteiger charge is 2.20. The number of benzene rings is 1. The fourth-order valence-corrected chi connectivity index (χ4v) is 2.08. The summed E-state index contributed by atoms with van der Waals surface area (Å²) in [7, 11) is 2.96. The van der Waals surface area contributed by atoms with E-state index in [4.69, 9.17) is 19.0 Å². The molecule has 0 radical (unpaired) electrons. The van der Waals surface area contributed by atoms with Gasteiger partial charge in [-0.25, -0.2) is 9.59 Å². The first-order chi connectivity index (χ1) is 9.96. The molecular formula is C14H16NO6+. The highest BCUT2D eigenvalue weighted by Crippen LogP contribution is 2.33. The van der Waals surface area contributed by atoms with Gasteiger partial charge in [-0.05, 0) is 11.6 Å². The number of carboxylic acid groups (broad SMARTS) is 1. The maximum absolute atomic E-state index is 11.6. The van der Waals surface area contributed by atoms with Gasteiger partial charge >= 0.3 is 11.6 Å². The molecule has 0 aliphatic carbocycles. The molecule has 1 aromatic heterocycles. The molecular weight excluding hydrogens is 278 g/mol. The lowest BCUT2D eigenvalue weighted by molar-refractivity contribution is -0.407. The number of quaternary nitrogens is 1. The molecule has 0 amide bonds. The summed E-state index contributed by atoms with van der Waals surface area (Å²) in [6.07, 6.45) is 0.118. The van der Waals surface area contributed by atoms with Crippen molar-refractivity contribution in [2.24, 2.45) is 0 Å². The molecule has 0 aliphatic heterocycles. The van der Waals surface area contributed by atoms with Gasteiger partial charge < -0.3 is 24.7 Å². The van der Waals surface area contributed by atoms with Gasteiger partial charge in [0.1, 0.15) is 5.58 Å². The number of fused-ring (bicyclic) bond motifs is 1. The number of methoxy groups -OCH3 is 2. The Labute approximate surface area is 119 Å². The van der Waals surface area contributed by atoms with Gasteiger partial charge in [-0.2, -0.15) is 0 Å². The number of carboxylic acids is 1. The normalized spacial score (nSPS) is 12.1. The van der Waals surface area contributed by atoms with Crippen LogP contribution in [-0.2, 0) is 11.2 Å². The number of rotatable bonds is 5. The van der Waals surface area contributed by atoms with Crippen LogP contribution in [0.1, 0.15) is 5.56 Å². The summed E-state index contributed by atoms with van der Waals surface area (Å²) in [5, 5.41) is 9.56. The summed E-state index contributed by atoms with van der Waals surface area (Å²) < 4.78 is 15.5. The molecule has 7 nitrogen and oxygen atoms in total. The van der Waals surface area contributed by atoms with E-state index in [0.29, 0.717) is 28.0 Å². The van der Waals surface area contributed by atoms with Crippen LogP contribution in [0.2, 0.25) is 0 Å². The third-order valence-corrected chi connectivity index (χ3v) is 3.15. The van der Waals surface area contributed by atoms with Crippen LogP contribution in [0.3, 0.4) is 0 Å². The topological polar surface area (TPSA) is 114 Å². The van der Waals surface area contributed by atoms with Crippen LogP contribution in [-0.4, -0.2) is 31.3 Å². The van der Waals surface area contributed by atoms with Crippen molar-refractivity contribution in [3.8, 4) is 11.5 Å². The van der Waals surface area contributed by atoms with E-state index < -0.39 is 17.6 Å². The molecule has 0 spiro atoms. The molecule has 0 bridgehead atoms. The van der Waals surface area contributed by atoms with Crippen molar-refractivity contribution >= 4 is 16.9 Å². The molecule has 2 aromatic rings. The number of hydrogen-bond acceptors (Lipinski definition) is 5. The SMILES string of the molecule is COc1cc2oc(=O)cc(C[C@H]([NH3+])C(=O)O)c2cc1OC. The molecule has 1 aromatic carbocycles. The minimum Gasteiger partial charge on any atom is -0.493 e. The Morgan fingerprint density at radius 2 is 1.90 bits per heavy atom. The Morgan fingerprint density at radius 1 is 1.29 bits per heavy atom. The quantitative estimate of drug-likeness (QED) is 0.753. The van der Waals surface area contributed by atoms with Crippen LogP contribution >= 0.6 is 0 Å². The van der Waals surface area contributed by atoms with E-state index in [2.05, 4.69) is 5.73 Å². The standard InChI is InChI=1S/C14H15NO6/c1-19-11-5-8-7(3-9(15)14(17)18)4-13(16)21-10(8)6-12(11)20-2/h4-6,9H,3,15H2,1-2H3,(H,17,18)/p+1/t9-/m0/s1. The predicted molar refractivity (Wildman–Crippen MR) is 73.6 cm³/mol. The van der Waals surface area contributed by atoms with Gasteiger partial charge in [0.25, 0.3) is 0 Å². The minimum absolute atomic E-state index is 0.118. The fraction of sp³-hybridized carbons (Fsp3) is 0.286. The van der Waals surface area contributed by atoms with Crippen molar-refractivity contribution in [3.05, 3.63) is 34.2 Å². The summed E-state index contributed by atoms with van der Waals surface area (Å²) in [6, 6.07) is 3.61. The van der Waals surface area contributed by atoms with Crippen molar-refractivity contribution in [2.45, 2.75) is 12.5 Å². The maximum atomic E-state index is 11.6. The maximum Gasteiger partial charge on any atom is 0.362 e. The lowest BCUT2D eigenvalue weighted by Crippen LogP contribution is -2.66. The van der Waals surface area contributed by atoms with Gasteiger partial charge in [0.15, 0.2) is 17.5 Å². The summed E-state index contributed by atoms with van der Waals surface area (Å²) in [5.74, 6) is -0.136. The lowest BCUT2D eigenvalue weighted by atomic mass is 10.0. The van der Waals surface area contributed by atoms with Crippen molar-refractivity contribution < 1.29 is 29.5 Å². The van der Waals surface area contributed by atoms with Crippen LogP contribution in [0.15, 0.2) is 27.4 Å². The summed E-state index contributed by atoms with van der Waals surface area (Å²) in [6.45, 7) is 0. The Bertz CT molecular complexity index is 736. The minimum atomic E-state index is -1.03. The molecule has 0 saturated carbocycles. The summed E-state index contributed by atoms with van der Waals surface area (Å²) in [5.41, 5.74) is 3.86. The number of carbonyl (C=O) groups is 1. The van der Waals surface area contributed by atoms with Crippen molar-refractivity contribution in [2.75, 3.05) is 14.2 Å². The molecule has 2 rings (SSSR count). The van der Waals surface area contributed by atoms with Crippen LogP contribution in [0, 0.1) is 0 Å².